The lowest BCUT2D eigenvalue weighted by Crippen LogP contribution is -3.00. The summed E-state index contributed by atoms with van der Waals surface area (Å²) in [6.45, 7) is 0.477. The van der Waals surface area contributed by atoms with Crippen LogP contribution in [0, 0.1) is 5.21 Å². The molecule has 0 aromatic heterocycles. The van der Waals surface area contributed by atoms with Gasteiger partial charge in [0.1, 0.15) is 12.2 Å². The lowest BCUT2D eigenvalue weighted by atomic mass is 10.2. The Morgan fingerprint density at radius 3 is 1.93 bits per heavy atom. The molecule has 0 heterocycles. The number of quaternary nitrogens is 1. The first kappa shape index (κ1) is 9.90. The van der Waals surface area contributed by atoms with Crippen molar-refractivity contribution in [3.05, 3.63) is 71.4 Å². The average Bonchev–Trinajstić information content (AvgIpc) is 2.31. The smallest absolute Gasteiger partial charge is 0.131 e. The van der Waals surface area contributed by atoms with Crippen molar-refractivity contribution in [3.8, 4) is 0 Å². The number of rotatable bonds is 3. The molecular formula is C13H13NO. The van der Waals surface area contributed by atoms with Crippen molar-refractivity contribution in [2.45, 2.75) is 6.54 Å². The quantitative estimate of drug-likeness (QED) is 0.751. The Bertz CT molecular complexity index is 399. The monoisotopic (exact) mass is 199 g/mol. The Kier molecular flexibility index (Phi) is 3.12. The molecule has 0 saturated heterocycles. The zero-order chi connectivity index (χ0) is 10.5. The SMILES string of the molecule is [O-][NH+](Cc1ccccc1)c1ccccc1. The van der Waals surface area contributed by atoms with E-state index in [1.807, 2.05) is 60.7 Å². The summed E-state index contributed by atoms with van der Waals surface area (Å²) in [6.07, 6.45) is 0. The van der Waals surface area contributed by atoms with E-state index in [9.17, 15) is 5.21 Å². The van der Waals surface area contributed by atoms with E-state index >= 15 is 0 Å². The molecule has 1 N–H and O–H groups in total. The van der Waals surface area contributed by atoms with Crippen LogP contribution in [0.15, 0.2) is 60.7 Å². The predicted molar refractivity (Wildman–Crippen MR) is 60.6 cm³/mol. The van der Waals surface area contributed by atoms with Crippen molar-refractivity contribution in [2.75, 3.05) is 0 Å². The van der Waals surface area contributed by atoms with Gasteiger partial charge >= 0.3 is 0 Å². The van der Waals surface area contributed by atoms with Crippen LogP contribution in [0.4, 0.5) is 5.69 Å². The van der Waals surface area contributed by atoms with Gasteiger partial charge in [-0.1, -0.05) is 48.5 Å². The van der Waals surface area contributed by atoms with Crippen molar-refractivity contribution in [2.24, 2.45) is 0 Å². The van der Waals surface area contributed by atoms with E-state index in [0.29, 0.717) is 6.54 Å². The fraction of sp³-hybridized carbons (Fsp3) is 0.0769. The van der Waals surface area contributed by atoms with Crippen molar-refractivity contribution in [1.29, 1.82) is 0 Å². The largest absolute Gasteiger partial charge is 0.629 e. The Labute approximate surface area is 89.4 Å². The van der Waals surface area contributed by atoms with E-state index in [1.54, 1.807) is 0 Å². The molecule has 0 fully saturated rings. The molecule has 0 aliphatic rings. The van der Waals surface area contributed by atoms with Gasteiger partial charge in [0.15, 0.2) is 0 Å². The van der Waals surface area contributed by atoms with Gasteiger partial charge in [0.25, 0.3) is 0 Å². The maximum atomic E-state index is 11.8. The standard InChI is InChI=1S/C13H13NO/c15-14(13-9-5-2-6-10-13)11-12-7-3-1-4-8-12/h1-10,14H,11H2. The number of hydrogen-bond acceptors (Lipinski definition) is 1. The fourth-order valence-corrected chi connectivity index (χ4v) is 1.51. The van der Waals surface area contributed by atoms with Gasteiger partial charge in [-0.2, -0.15) is 0 Å². The molecule has 0 amide bonds. The molecule has 0 aliphatic heterocycles. The molecule has 1 atom stereocenters. The average molecular weight is 199 g/mol. The second kappa shape index (κ2) is 4.73. The highest BCUT2D eigenvalue weighted by Gasteiger charge is 2.01. The summed E-state index contributed by atoms with van der Waals surface area (Å²) >= 11 is 0. The van der Waals surface area contributed by atoms with Crippen molar-refractivity contribution >= 4 is 5.69 Å². The first-order chi connectivity index (χ1) is 7.36. The van der Waals surface area contributed by atoms with Crippen LogP contribution in [0.2, 0.25) is 0 Å². The minimum absolute atomic E-state index is 0.168. The highest BCUT2D eigenvalue weighted by Crippen LogP contribution is 2.01. The van der Waals surface area contributed by atoms with E-state index in [2.05, 4.69) is 0 Å². The predicted octanol–water partition coefficient (Wildman–Crippen LogP) is 1.90. The molecule has 0 aliphatic carbocycles. The van der Waals surface area contributed by atoms with E-state index in [4.69, 9.17) is 0 Å². The molecule has 76 valence electrons. The van der Waals surface area contributed by atoms with Gasteiger partial charge in [0, 0.05) is 5.56 Å². The summed E-state index contributed by atoms with van der Waals surface area (Å²) in [5.74, 6) is 0. The second-order valence-corrected chi connectivity index (χ2v) is 3.45. The van der Waals surface area contributed by atoms with Crippen LogP contribution in [0.3, 0.4) is 0 Å². The first-order valence-corrected chi connectivity index (χ1v) is 4.98. The zero-order valence-electron chi connectivity index (χ0n) is 8.39. The lowest BCUT2D eigenvalue weighted by Gasteiger charge is -2.21. The van der Waals surface area contributed by atoms with Crippen LogP contribution in [-0.2, 0) is 6.54 Å². The third-order valence-corrected chi connectivity index (χ3v) is 2.30. The molecule has 2 rings (SSSR count). The van der Waals surface area contributed by atoms with Crippen molar-refractivity contribution < 1.29 is 5.06 Å². The normalized spacial score (nSPS) is 12.3. The van der Waals surface area contributed by atoms with Gasteiger partial charge in [-0.25, -0.2) is 0 Å². The maximum absolute atomic E-state index is 11.8. The molecule has 0 radical (unpaired) electrons. The molecule has 2 heteroatoms. The van der Waals surface area contributed by atoms with E-state index in [1.165, 1.54) is 0 Å². The molecular weight excluding hydrogens is 186 g/mol. The molecule has 0 bridgehead atoms. The highest BCUT2D eigenvalue weighted by atomic mass is 16.5. The zero-order valence-corrected chi connectivity index (χ0v) is 8.39. The van der Waals surface area contributed by atoms with E-state index < -0.39 is 0 Å². The molecule has 15 heavy (non-hydrogen) atoms. The number of para-hydroxylation sites is 1. The fourth-order valence-electron chi connectivity index (χ4n) is 1.51. The minimum Gasteiger partial charge on any atom is -0.629 e. The third kappa shape index (κ3) is 2.65. The Morgan fingerprint density at radius 2 is 1.33 bits per heavy atom. The van der Waals surface area contributed by atoms with Gasteiger partial charge in [0.05, 0.1) is 0 Å². The molecule has 1 unspecified atom stereocenters. The highest BCUT2D eigenvalue weighted by molar-refractivity contribution is 5.28. The summed E-state index contributed by atoms with van der Waals surface area (Å²) in [5, 5.41) is 12.0. The van der Waals surface area contributed by atoms with Gasteiger partial charge in [-0.05, 0) is 12.1 Å². The maximum Gasteiger partial charge on any atom is 0.131 e. The third-order valence-electron chi connectivity index (χ3n) is 2.30. The van der Waals surface area contributed by atoms with Crippen LogP contribution in [0.5, 0.6) is 0 Å². The first-order valence-electron chi connectivity index (χ1n) is 4.98. The van der Waals surface area contributed by atoms with Crippen LogP contribution in [-0.4, -0.2) is 0 Å². The minimum atomic E-state index is 0.168. The van der Waals surface area contributed by atoms with Crippen LogP contribution >= 0.6 is 0 Å². The van der Waals surface area contributed by atoms with Crippen LogP contribution < -0.4 is 5.06 Å². The van der Waals surface area contributed by atoms with Gasteiger partial charge in [0.2, 0.25) is 0 Å². The van der Waals surface area contributed by atoms with Gasteiger partial charge in [-0.15, -0.1) is 0 Å². The molecule has 2 aromatic rings. The number of nitrogens with one attached hydrogen (secondary N) is 1. The summed E-state index contributed by atoms with van der Waals surface area (Å²) < 4.78 is 0. The topological polar surface area (TPSA) is 27.5 Å². The molecule has 0 spiro atoms. The van der Waals surface area contributed by atoms with Crippen molar-refractivity contribution in [1.82, 2.24) is 0 Å². The summed E-state index contributed by atoms with van der Waals surface area (Å²) in [7, 11) is 0. The number of hydrogen-bond donors (Lipinski definition) is 1. The summed E-state index contributed by atoms with van der Waals surface area (Å²) in [6, 6.07) is 19.2. The van der Waals surface area contributed by atoms with Crippen LogP contribution in [0.25, 0.3) is 0 Å². The molecule has 2 aromatic carbocycles. The number of hydroxylamine groups is 1. The van der Waals surface area contributed by atoms with Gasteiger partial charge in [-0.3, -0.25) is 0 Å². The summed E-state index contributed by atoms with van der Waals surface area (Å²) in [5.41, 5.74) is 1.84. The second-order valence-electron chi connectivity index (χ2n) is 3.45. The Balaban J connectivity index is 2.08. The summed E-state index contributed by atoms with van der Waals surface area (Å²) in [4.78, 5) is 0. The lowest BCUT2D eigenvalue weighted by molar-refractivity contribution is -0.791. The molecule has 0 saturated carbocycles. The van der Waals surface area contributed by atoms with E-state index in [0.717, 1.165) is 11.3 Å². The van der Waals surface area contributed by atoms with Crippen molar-refractivity contribution in [3.63, 3.8) is 0 Å². The molecule has 2 nitrogen and oxygen atoms in total. The number of benzene rings is 2. The Hall–Kier alpha value is -1.64. The van der Waals surface area contributed by atoms with Gasteiger partial charge < -0.3 is 10.3 Å². The van der Waals surface area contributed by atoms with E-state index in [-0.39, 0.29) is 5.06 Å². The Morgan fingerprint density at radius 1 is 0.800 bits per heavy atom. The van der Waals surface area contributed by atoms with Crippen LogP contribution in [0.1, 0.15) is 5.56 Å².